The maximum absolute atomic E-state index is 14.1. The molecule has 5 unspecified atom stereocenters. The molecule has 2 amide bonds. The number of nitrogens with zero attached hydrogens (tertiary/aromatic N) is 1. The molecule has 5 heteroatoms. The Balaban J connectivity index is 1.40. The quantitative estimate of drug-likeness (QED) is 0.569. The van der Waals surface area contributed by atoms with E-state index in [1.54, 1.807) is 0 Å². The first kappa shape index (κ1) is 22.3. The van der Waals surface area contributed by atoms with Crippen molar-refractivity contribution in [2.75, 3.05) is 6.54 Å². The fourth-order valence-electron chi connectivity index (χ4n) is 7.76. The minimum atomic E-state index is -0.910. The van der Waals surface area contributed by atoms with E-state index < -0.39 is 11.1 Å². The molecule has 5 atom stereocenters. The van der Waals surface area contributed by atoms with Crippen molar-refractivity contribution in [3.63, 3.8) is 0 Å². The molecule has 0 spiro atoms. The van der Waals surface area contributed by atoms with E-state index >= 15 is 0 Å². The number of carbonyl (C=O) groups is 2. The third kappa shape index (κ3) is 3.04. The normalized spacial score (nSPS) is 31.5. The van der Waals surface area contributed by atoms with E-state index in [-0.39, 0.29) is 29.6 Å². The van der Waals surface area contributed by atoms with Crippen molar-refractivity contribution in [3.05, 3.63) is 83.9 Å². The molecule has 4 fully saturated rings. The molecule has 7 rings (SSSR count). The number of amides is 2. The van der Waals surface area contributed by atoms with Crippen molar-refractivity contribution in [1.29, 1.82) is 0 Å². The Labute approximate surface area is 206 Å². The van der Waals surface area contributed by atoms with Crippen molar-refractivity contribution in [2.45, 2.75) is 50.9 Å². The predicted octanol–water partition coefficient (Wildman–Crippen LogP) is 4.26. The van der Waals surface area contributed by atoms with Crippen LogP contribution in [0.25, 0.3) is 10.8 Å². The van der Waals surface area contributed by atoms with E-state index in [0.29, 0.717) is 6.54 Å². The number of carbonyl (C=O) groups excluding carboxylic acids is 2. The first-order valence-electron chi connectivity index (χ1n) is 12.9. The zero-order valence-corrected chi connectivity index (χ0v) is 20.5. The van der Waals surface area contributed by atoms with Gasteiger partial charge < -0.3 is 10.6 Å². The standard InChI is InChI=1S/C30H33N3O2/c1-3-29-20(2)26-16-24(19-33(29)18-23-14-9-13-22-12-7-8-15-25(22)23)30(29,32-27(26)34)28(35)31-17-21-10-5-4-6-11-21/h4-15,20,24,26H,3,16-19H2,1-2H3,(H,31,35)(H,32,34). The number of hydrogen-bond donors (Lipinski definition) is 2. The third-order valence-corrected chi connectivity index (χ3v) is 9.29. The molecular weight excluding hydrogens is 434 g/mol. The summed E-state index contributed by atoms with van der Waals surface area (Å²) < 4.78 is 0. The number of benzene rings is 3. The number of fused-ring (bicyclic) bond motifs is 2. The SMILES string of the molecule is CCC12C(C)C3CC(CN1Cc1cccc4ccccc14)C2(C(=O)NCc1ccccc1)NC3=O. The van der Waals surface area contributed by atoms with Gasteiger partial charge in [-0.2, -0.15) is 0 Å². The highest BCUT2D eigenvalue weighted by atomic mass is 16.2. The van der Waals surface area contributed by atoms with Gasteiger partial charge in [-0.05, 0) is 40.7 Å². The zero-order valence-electron chi connectivity index (χ0n) is 20.5. The predicted molar refractivity (Wildman–Crippen MR) is 137 cm³/mol. The lowest BCUT2D eigenvalue weighted by molar-refractivity contribution is -0.165. The second kappa shape index (κ2) is 8.20. The summed E-state index contributed by atoms with van der Waals surface area (Å²) in [5, 5.41) is 9.02. The van der Waals surface area contributed by atoms with Crippen LogP contribution in [0.15, 0.2) is 72.8 Å². The van der Waals surface area contributed by atoms with E-state index in [0.717, 1.165) is 31.5 Å². The van der Waals surface area contributed by atoms with Crippen LogP contribution < -0.4 is 10.6 Å². The van der Waals surface area contributed by atoms with Gasteiger partial charge in [-0.3, -0.25) is 14.5 Å². The highest BCUT2D eigenvalue weighted by Gasteiger charge is 2.76. The molecule has 5 nitrogen and oxygen atoms in total. The molecule has 0 aromatic heterocycles. The largest absolute Gasteiger partial charge is 0.350 e. The summed E-state index contributed by atoms with van der Waals surface area (Å²) in [6.45, 7) is 6.44. The number of nitrogens with one attached hydrogen (secondary N) is 2. The second-order valence-corrected chi connectivity index (χ2v) is 10.6. The minimum Gasteiger partial charge on any atom is -0.350 e. The topological polar surface area (TPSA) is 61.4 Å². The van der Waals surface area contributed by atoms with E-state index in [1.807, 2.05) is 30.3 Å². The van der Waals surface area contributed by atoms with Gasteiger partial charge in [0.05, 0.1) is 5.54 Å². The molecule has 1 saturated carbocycles. The van der Waals surface area contributed by atoms with Crippen molar-refractivity contribution in [2.24, 2.45) is 17.8 Å². The smallest absolute Gasteiger partial charge is 0.248 e. The molecule has 3 aromatic carbocycles. The summed E-state index contributed by atoms with van der Waals surface area (Å²) >= 11 is 0. The van der Waals surface area contributed by atoms with Gasteiger partial charge >= 0.3 is 0 Å². The van der Waals surface area contributed by atoms with Crippen LogP contribution in [0.3, 0.4) is 0 Å². The average Bonchev–Trinajstić information content (AvgIpc) is 3.10. The van der Waals surface area contributed by atoms with Crippen LogP contribution >= 0.6 is 0 Å². The Morgan fingerprint density at radius 1 is 1.06 bits per heavy atom. The van der Waals surface area contributed by atoms with Gasteiger partial charge in [0.15, 0.2) is 0 Å². The lowest BCUT2D eigenvalue weighted by Crippen LogP contribution is -2.83. The maximum atomic E-state index is 14.1. The summed E-state index contributed by atoms with van der Waals surface area (Å²) in [5.74, 6) is 0.164. The lowest BCUT2D eigenvalue weighted by Gasteiger charge is -2.61. The van der Waals surface area contributed by atoms with Crippen molar-refractivity contribution < 1.29 is 9.59 Å². The molecule has 3 heterocycles. The van der Waals surface area contributed by atoms with Gasteiger partial charge in [-0.1, -0.05) is 86.6 Å². The summed E-state index contributed by atoms with van der Waals surface area (Å²) in [6.07, 6.45) is 1.59. The van der Waals surface area contributed by atoms with Gasteiger partial charge in [0.25, 0.3) is 0 Å². The van der Waals surface area contributed by atoms with Gasteiger partial charge in [0.2, 0.25) is 11.8 Å². The lowest BCUT2D eigenvalue weighted by atomic mass is 9.51. The van der Waals surface area contributed by atoms with Gasteiger partial charge in [-0.15, -0.1) is 0 Å². The van der Waals surface area contributed by atoms with Crippen molar-refractivity contribution in [1.82, 2.24) is 15.5 Å². The number of likely N-dealkylation sites (tertiary alicyclic amines) is 1. The molecule has 1 aliphatic carbocycles. The molecule has 3 aromatic rings. The summed E-state index contributed by atoms with van der Waals surface area (Å²) in [5.41, 5.74) is 1.00. The summed E-state index contributed by atoms with van der Waals surface area (Å²) in [7, 11) is 0. The van der Waals surface area contributed by atoms with E-state index in [4.69, 9.17) is 0 Å². The average molecular weight is 468 g/mol. The van der Waals surface area contributed by atoms with Gasteiger partial charge in [0.1, 0.15) is 5.54 Å². The minimum absolute atomic E-state index is 0.0352. The Hall–Kier alpha value is -3.18. The fourth-order valence-corrected chi connectivity index (χ4v) is 7.76. The number of piperidine rings is 2. The highest BCUT2D eigenvalue weighted by molar-refractivity contribution is 5.98. The Morgan fingerprint density at radius 2 is 1.80 bits per heavy atom. The van der Waals surface area contributed by atoms with Crippen molar-refractivity contribution >= 4 is 22.6 Å². The van der Waals surface area contributed by atoms with Crippen LogP contribution in [0.4, 0.5) is 0 Å². The number of hydrogen-bond acceptors (Lipinski definition) is 3. The Morgan fingerprint density at radius 3 is 2.60 bits per heavy atom. The third-order valence-electron chi connectivity index (χ3n) is 9.29. The monoisotopic (exact) mass is 467 g/mol. The second-order valence-electron chi connectivity index (χ2n) is 10.6. The van der Waals surface area contributed by atoms with Crippen LogP contribution in [-0.2, 0) is 22.7 Å². The van der Waals surface area contributed by atoms with Crippen LogP contribution in [-0.4, -0.2) is 34.3 Å². The molecular formula is C30H33N3O2. The first-order valence-corrected chi connectivity index (χ1v) is 12.9. The van der Waals surface area contributed by atoms with E-state index in [1.165, 1.54) is 16.3 Å². The van der Waals surface area contributed by atoms with Gasteiger partial charge in [0, 0.05) is 31.5 Å². The molecule has 180 valence electrons. The Bertz CT molecular complexity index is 1290. The van der Waals surface area contributed by atoms with Crippen LogP contribution in [0, 0.1) is 17.8 Å². The molecule has 0 radical (unpaired) electrons. The fraction of sp³-hybridized carbons (Fsp3) is 0.400. The van der Waals surface area contributed by atoms with Crippen molar-refractivity contribution in [3.8, 4) is 0 Å². The molecule has 4 bridgehead atoms. The maximum Gasteiger partial charge on any atom is 0.248 e. The first-order chi connectivity index (χ1) is 17.0. The van der Waals surface area contributed by atoms with Gasteiger partial charge in [-0.25, -0.2) is 0 Å². The van der Waals surface area contributed by atoms with Crippen LogP contribution in [0.2, 0.25) is 0 Å². The molecule has 35 heavy (non-hydrogen) atoms. The molecule has 3 saturated heterocycles. The highest BCUT2D eigenvalue weighted by Crippen LogP contribution is 2.61. The van der Waals surface area contributed by atoms with E-state index in [2.05, 4.69) is 71.8 Å². The summed E-state index contributed by atoms with van der Waals surface area (Å²) in [6, 6.07) is 25.0. The molecule has 4 aliphatic rings. The Kier molecular flexibility index (Phi) is 5.22. The summed E-state index contributed by atoms with van der Waals surface area (Å²) in [4.78, 5) is 29.8. The van der Waals surface area contributed by atoms with Crippen LogP contribution in [0.1, 0.15) is 37.8 Å². The van der Waals surface area contributed by atoms with E-state index in [9.17, 15) is 9.59 Å². The molecule has 2 N–H and O–H groups in total. The molecule has 3 aliphatic heterocycles. The van der Waals surface area contributed by atoms with Crippen LogP contribution in [0.5, 0.6) is 0 Å². The zero-order chi connectivity index (χ0) is 24.2. The number of rotatable bonds is 6.